The summed E-state index contributed by atoms with van der Waals surface area (Å²) >= 11 is 0. The summed E-state index contributed by atoms with van der Waals surface area (Å²) in [5.41, 5.74) is 0. The van der Waals surface area contributed by atoms with Crippen LogP contribution in [0.1, 0.15) is 323 Å². The number of ether oxygens (including phenoxy) is 3. The van der Waals surface area contributed by atoms with Gasteiger partial charge in [0.2, 0.25) is 0 Å². The Bertz CT molecular complexity index is 1070. The quantitative estimate of drug-likeness (QED) is 0.0262. The van der Waals surface area contributed by atoms with Crippen LogP contribution >= 0.6 is 0 Å². The van der Waals surface area contributed by atoms with Gasteiger partial charge in [-0.3, -0.25) is 14.4 Å². The second kappa shape index (κ2) is 55.5. The number of carbonyl (C=O) groups excluding carboxylic acids is 3. The first-order valence-electron chi connectivity index (χ1n) is 29.3. The van der Waals surface area contributed by atoms with Gasteiger partial charge in [-0.25, -0.2) is 0 Å². The molecule has 1 atom stereocenters. The Hall–Kier alpha value is -2.11. The molecule has 6 heteroatoms. The largest absolute Gasteiger partial charge is 0.462 e. The van der Waals surface area contributed by atoms with Crippen molar-refractivity contribution in [3.63, 3.8) is 0 Å². The van der Waals surface area contributed by atoms with E-state index in [2.05, 4.69) is 45.1 Å². The summed E-state index contributed by atoms with van der Waals surface area (Å²) in [5.74, 6) is -0.853. The molecular weight excluding hydrogens is 817 g/mol. The van der Waals surface area contributed by atoms with Crippen LogP contribution < -0.4 is 0 Å². The van der Waals surface area contributed by atoms with Crippen molar-refractivity contribution < 1.29 is 28.6 Å². The zero-order valence-corrected chi connectivity index (χ0v) is 44.5. The normalized spacial score (nSPS) is 12.1. The molecule has 0 fully saturated rings. The van der Waals surface area contributed by atoms with Gasteiger partial charge in [-0.05, 0) is 44.9 Å². The van der Waals surface area contributed by atoms with Crippen molar-refractivity contribution in [2.45, 2.75) is 329 Å². The smallest absolute Gasteiger partial charge is 0.306 e. The van der Waals surface area contributed by atoms with E-state index in [0.29, 0.717) is 19.3 Å². The second-order valence-electron chi connectivity index (χ2n) is 19.9. The van der Waals surface area contributed by atoms with Crippen molar-refractivity contribution in [1.82, 2.24) is 0 Å². The van der Waals surface area contributed by atoms with E-state index in [0.717, 1.165) is 77.0 Å². The molecule has 0 N–H and O–H groups in total. The van der Waals surface area contributed by atoms with Gasteiger partial charge in [0.05, 0.1) is 0 Å². The summed E-state index contributed by atoms with van der Waals surface area (Å²) in [4.78, 5) is 38.2. The lowest BCUT2D eigenvalue weighted by molar-refractivity contribution is -0.167. The van der Waals surface area contributed by atoms with E-state index >= 15 is 0 Å². The zero-order valence-electron chi connectivity index (χ0n) is 44.5. The Labute approximate surface area is 411 Å². The number of rotatable bonds is 54. The number of unbranched alkanes of at least 4 members (excludes halogenated alkanes) is 39. The summed E-state index contributed by atoms with van der Waals surface area (Å²) in [6.07, 6.45) is 64.5. The Balaban J connectivity index is 4.31. The third-order valence-electron chi connectivity index (χ3n) is 13.2. The van der Waals surface area contributed by atoms with Crippen LogP contribution in [-0.2, 0) is 28.6 Å². The summed E-state index contributed by atoms with van der Waals surface area (Å²) in [6.45, 7) is 6.59. The van der Waals surface area contributed by atoms with Gasteiger partial charge >= 0.3 is 17.9 Å². The Morgan fingerprint density at radius 2 is 0.591 bits per heavy atom. The van der Waals surface area contributed by atoms with E-state index in [4.69, 9.17) is 14.2 Å². The topological polar surface area (TPSA) is 78.9 Å². The molecule has 0 aromatic carbocycles. The van der Waals surface area contributed by atoms with E-state index in [-0.39, 0.29) is 31.1 Å². The molecule has 0 bridgehead atoms. The minimum Gasteiger partial charge on any atom is -0.462 e. The van der Waals surface area contributed by atoms with E-state index in [1.165, 1.54) is 205 Å². The number of hydrogen-bond acceptors (Lipinski definition) is 6. The monoisotopic (exact) mass is 929 g/mol. The fraction of sp³-hybridized carbons (Fsp3) is 0.883. The molecule has 0 aliphatic rings. The molecule has 1 unspecified atom stereocenters. The van der Waals surface area contributed by atoms with Crippen LogP contribution in [0, 0.1) is 0 Å². The van der Waals surface area contributed by atoms with Crippen molar-refractivity contribution in [2.24, 2.45) is 0 Å². The van der Waals surface area contributed by atoms with Gasteiger partial charge in [-0.2, -0.15) is 0 Å². The highest BCUT2D eigenvalue weighted by atomic mass is 16.6. The molecule has 0 amide bonds. The average Bonchev–Trinajstić information content (AvgIpc) is 3.31. The molecule has 388 valence electrons. The molecule has 0 radical (unpaired) electrons. The summed E-state index contributed by atoms with van der Waals surface area (Å²) in [7, 11) is 0. The molecule has 0 rings (SSSR count). The first-order chi connectivity index (χ1) is 32.5. The van der Waals surface area contributed by atoms with Gasteiger partial charge in [-0.15, -0.1) is 0 Å². The molecule has 0 saturated heterocycles. The third-order valence-corrected chi connectivity index (χ3v) is 13.2. The van der Waals surface area contributed by atoms with Gasteiger partial charge in [0, 0.05) is 19.3 Å². The van der Waals surface area contributed by atoms with Crippen LogP contribution in [-0.4, -0.2) is 37.2 Å². The summed E-state index contributed by atoms with van der Waals surface area (Å²) in [6, 6.07) is 0. The second-order valence-corrected chi connectivity index (χ2v) is 19.9. The van der Waals surface area contributed by atoms with Crippen molar-refractivity contribution in [2.75, 3.05) is 13.2 Å². The zero-order chi connectivity index (χ0) is 47.9. The highest BCUT2D eigenvalue weighted by Gasteiger charge is 2.19. The standard InChI is InChI=1S/C60H112O6/c1-4-7-10-13-16-19-22-25-28-30-32-35-38-41-44-47-50-53-59(62)65-56-57(55-64-58(61)52-49-46-43-40-37-34-27-24-21-18-15-12-9-6-3)66-60(63)54-51-48-45-42-39-36-33-31-29-26-23-20-17-14-11-8-5-2/h9,12,18,21,57H,4-8,10-11,13-17,19-20,22-56H2,1-3H3/b12-9-,21-18-. The van der Waals surface area contributed by atoms with Crippen molar-refractivity contribution in [1.29, 1.82) is 0 Å². The molecule has 0 spiro atoms. The Morgan fingerprint density at radius 1 is 0.318 bits per heavy atom. The first kappa shape index (κ1) is 63.9. The number of esters is 3. The van der Waals surface area contributed by atoms with Crippen molar-refractivity contribution in [3.05, 3.63) is 24.3 Å². The molecule has 6 nitrogen and oxygen atoms in total. The van der Waals surface area contributed by atoms with Gasteiger partial charge in [0.1, 0.15) is 13.2 Å². The molecule has 0 heterocycles. The molecule has 66 heavy (non-hydrogen) atoms. The number of carbonyl (C=O) groups is 3. The maximum absolute atomic E-state index is 12.9. The maximum atomic E-state index is 12.9. The van der Waals surface area contributed by atoms with Crippen LogP contribution in [0.25, 0.3) is 0 Å². The van der Waals surface area contributed by atoms with Crippen molar-refractivity contribution >= 4 is 17.9 Å². The van der Waals surface area contributed by atoms with Gasteiger partial charge < -0.3 is 14.2 Å². The van der Waals surface area contributed by atoms with E-state index in [9.17, 15) is 14.4 Å². The fourth-order valence-corrected chi connectivity index (χ4v) is 8.84. The van der Waals surface area contributed by atoms with Gasteiger partial charge in [-0.1, -0.05) is 283 Å². The highest BCUT2D eigenvalue weighted by molar-refractivity contribution is 5.71. The lowest BCUT2D eigenvalue weighted by Crippen LogP contribution is -2.30. The molecule has 0 aromatic rings. The molecule has 0 saturated carbocycles. The Kier molecular flexibility index (Phi) is 53.7. The SMILES string of the molecule is CC/C=C\C/C=C\CCCCCCCCCC(=O)OCC(COC(=O)CCCCCCCCCCCCCCCCCCC)OC(=O)CCCCCCCCCCCCCCCCCCC. The van der Waals surface area contributed by atoms with Gasteiger partial charge in [0.25, 0.3) is 0 Å². The predicted octanol–water partition coefficient (Wildman–Crippen LogP) is 19.5. The van der Waals surface area contributed by atoms with Crippen LogP contribution in [0.5, 0.6) is 0 Å². The first-order valence-corrected chi connectivity index (χ1v) is 29.3. The van der Waals surface area contributed by atoms with E-state index in [1.807, 2.05) is 0 Å². The summed E-state index contributed by atoms with van der Waals surface area (Å²) < 4.78 is 16.9. The maximum Gasteiger partial charge on any atom is 0.306 e. The minimum absolute atomic E-state index is 0.0679. The highest BCUT2D eigenvalue weighted by Crippen LogP contribution is 2.17. The van der Waals surface area contributed by atoms with Crippen LogP contribution in [0.3, 0.4) is 0 Å². The van der Waals surface area contributed by atoms with Gasteiger partial charge in [0.15, 0.2) is 6.10 Å². The van der Waals surface area contributed by atoms with E-state index in [1.54, 1.807) is 0 Å². The molecule has 0 aliphatic carbocycles. The van der Waals surface area contributed by atoms with Crippen molar-refractivity contribution in [3.8, 4) is 0 Å². The van der Waals surface area contributed by atoms with E-state index < -0.39 is 6.10 Å². The van der Waals surface area contributed by atoms with Crippen LogP contribution in [0.15, 0.2) is 24.3 Å². The molecule has 0 aromatic heterocycles. The minimum atomic E-state index is -0.769. The Morgan fingerprint density at radius 3 is 0.909 bits per heavy atom. The lowest BCUT2D eigenvalue weighted by Gasteiger charge is -2.18. The predicted molar refractivity (Wildman–Crippen MR) is 284 cm³/mol. The number of allylic oxidation sites excluding steroid dienone is 4. The number of hydrogen-bond donors (Lipinski definition) is 0. The average molecular weight is 930 g/mol. The lowest BCUT2D eigenvalue weighted by atomic mass is 10.0. The molecule has 0 aliphatic heterocycles. The molecular formula is C60H112O6. The van der Waals surface area contributed by atoms with Crippen LogP contribution in [0.2, 0.25) is 0 Å². The fourth-order valence-electron chi connectivity index (χ4n) is 8.84. The van der Waals surface area contributed by atoms with Crippen LogP contribution in [0.4, 0.5) is 0 Å². The summed E-state index contributed by atoms with van der Waals surface area (Å²) in [5, 5.41) is 0. The third kappa shape index (κ3) is 52.9.